The van der Waals surface area contributed by atoms with E-state index in [1.807, 2.05) is 78.9 Å². The van der Waals surface area contributed by atoms with Crippen molar-refractivity contribution < 1.29 is 14.6 Å². The maximum atomic E-state index is 9.48. The van der Waals surface area contributed by atoms with Crippen molar-refractivity contribution in [2.24, 2.45) is 0 Å². The van der Waals surface area contributed by atoms with Crippen molar-refractivity contribution in [3.05, 3.63) is 84.4 Å². The van der Waals surface area contributed by atoms with E-state index in [0.29, 0.717) is 13.5 Å². The summed E-state index contributed by atoms with van der Waals surface area (Å²) in [5.74, 6) is 1.60. The fourth-order valence-electron chi connectivity index (χ4n) is 2.43. The van der Waals surface area contributed by atoms with Crippen molar-refractivity contribution in [1.29, 1.82) is 0 Å². The van der Waals surface area contributed by atoms with Gasteiger partial charge in [0.25, 0.3) is 0 Å². The van der Waals surface area contributed by atoms with Gasteiger partial charge in [-0.15, -0.1) is 0 Å². The molecule has 0 heterocycles. The first-order valence-corrected chi connectivity index (χ1v) is 8.42. The van der Waals surface area contributed by atoms with Gasteiger partial charge in [-0.2, -0.15) is 0 Å². The molecule has 0 atom stereocenters. The molecule has 3 aromatic carbocycles. The van der Waals surface area contributed by atoms with Crippen LogP contribution >= 0.6 is 0 Å². The molecule has 134 valence electrons. The molecule has 26 heavy (non-hydrogen) atoms. The van der Waals surface area contributed by atoms with Crippen LogP contribution in [0.5, 0.6) is 11.5 Å². The third kappa shape index (κ3) is 5.43. The first-order chi connectivity index (χ1) is 12.8. The van der Waals surface area contributed by atoms with E-state index in [9.17, 15) is 5.11 Å². The summed E-state index contributed by atoms with van der Waals surface area (Å²) in [6.07, 6.45) is 0. The van der Waals surface area contributed by atoms with Crippen molar-refractivity contribution in [3.8, 4) is 11.5 Å². The standard InChI is InChI=1S/C21H22N2O3/c24-14-17-11-18(22-15-25-20-7-3-1-4-8-20)13-19(12-17)23-16-26-21-9-5-2-6-10-21/h1-13,22-24H,14-16H2. The zero-order valence-electron chi connectivity index (χ0n) is 14.4. The first-order valence-electron chi connectivity index (χ1n) is 8.42. The molecule has 0 spiro atoms. The molecule has 0 unspecified atom stereocenters. The van der Waals surface area contributed by atoms with Gasteiger partial charge in [0.15, 0.2) is 13.5 Å². The van der Waals surface area contributed by atoms with E-state index in [1.165, 1.54) is 0 Å². The number of aliphatic hydroxyl groups excluding tert-OH is 1. The molecule has 0 saturated heterocycles. The quantitative estimate of drug-likeness (QED) is 0.508. The van der Waals surface area contributed by atoms with Gasteiger partial charge in [0.1, 0.15) is 11.5 Å². The summed E-state index contributed by atoms with van der Waals surface area (Å²) in [5, 5.41) is 15.9. The van der Waals surface area contributed by atoms with Gasteiger partial charge in [-0.1, -0.05) is 36.4 Å². The van der Waals surface area contributed by atoms with E-state index >= 15 is 0 Å². The minimum atomic E-state index is -0.0384. The number of aliphatic hydroxyl groups is 1. The van der Waals surface area contributed by atoms with Crippen LogP contribution in [-0.4, -0.2) is 18.6 Å². The van der Waals surface area contributed by atoms with Gasteiger partial charge < -0.3 is 25.2 Å². The van der Waals surface area contributed by atoms with Gasteiger partial charge in [-0.25, -0.2) is 0 Å². The Hall–Kier alpha value is -3.18. The number of para-hydroxylation sites is 2. The lowest BCUT2D eigenvalue weighted by atomic mass is 10.2. The Bertz CT molecular complexity index is 731. The van der Waals surface area contributed by atoms with Gasteiger partial charge in [-0.05, 0) is 48.0 Å². The van der Waals surface area contributed by atoms with Crippen LogP contribution in [0.3, 0.4) is 0 Å². The number of hydrogen-bond acceptors (Lipinski definition) is 5. The number of hydrogen-bond donors (Lipinski definition) is 3. The maximum Gasteiger partial charge on any atom is 0.159 e. The predicted molar refractivity (Wildman–Crippen MR) is 103 cm³/mol. The third-order valence-corrected chi connectivity index (χ3v) is 3.69. The number of nitrogens with one attached hydrogen (secondary N) is 2. The average molecular weight is 350 g/mol. The topological polar surface area (TPSA) is 62.8 Å². The number of benzene rings is 3. The van der Waals surface area contributed by atoms with E-state index in [2.05, 4.69) is 10.6 Å². The monoisotopic (exact) mass is 350 g/mol. The third-order valence-electron chi connectivity index (χ3n) is 3.69. The van der Waals surface area contributed by atoms with Crippen molar-refractivity contribution in [3.63, 3.8) is 0 Å². The van der Waals surface area contributed by atoms with Gasteiger partial charge in [0.05, 0.1) is 6.61 Å². The van der Waals surface area contributed by atoms with Gasteiger partial charge in [0, 0.05) is 11.4 Å². The van der Waals surface area contributed by atoms with E-state index in [-0.39, 0.29) is 6.61 Å². The Morgan fingerprint density at radius 2 is 1.12 bits per heavy atom. The summed E-state index contributed by atoms with van der Waals surface area (Å²) in [4.78, 5) is 0. The molecular formula is C21H22N2O3. The summed E-state index contributed by atoms with van der Waals surface area (Å²) in [5.41, 5.74) is 2.52. The molecule has 0 radical (unpaired) electrons. The fourth-order valence-corrected chi connectivity index (χ4v) is 2.43. The molecule has 0 bridgehead atoms. The predicted octanol–water partition coefficient (Wildman–Crippen LogP) is 4.08. The minimum Gasteiger partial charge on any atom is -0.473 e. The van der Waals surface area contributed by atoms with Crippen LogP contribution in [0.1, 0.15) is 5.56 Å². The van der Waals surface area contributed by atoms with Gasteiger partial charge in [0.2, 0.25) is 0 Å². The normalized spacial score (nSPS) is 10.2. The molecule has 5 heteroatoms. The highest BCUT2D eigenvalue weighted by atomic mass is 16.5. The number of ether oxygens (including phenoxy) is 2. The lowest BCUT2D eigenvalue weighted by Crippen LogP contribution is -2.11. The molecule has 0 aromatic heterocycles. The van der Waals surface area contributed by atoms with Crippen molar-refractivity contribution in [2.75, 3.05) is 24.1 Å². The lowest BCUT2D eigenvalue weighted by Gasteiger charge is -2.14. The Labute approximate surface area is 153 Å². The molecule has 0 aliphatic carbocycles. The fraction of sp³-hybridized carbons (Fsp3) is 0.143. The SMILES string of the molecule is OCc1cc(NCOc2ccccc2)cc(NCOc2ccccc2)c1. The molecule has 0 aliphatic rings. The number of rotatable bonds is 9. The van der Waals surface area contributed by atoms with E-state index < -0.39 is 0 Å². The lowest BCUT2D eigenvalue weighted by molar-refractivity contribution is 0.282. The summed E-state index contributed by atoms with van der Waals surface area (Å²) >= 11 is 0. The second-order valence-electron chi connectivity index (χ2n) is 5.63. The summed E-state index contributed by atoms with van der Waals surface area (Å²) in [6, 6.07) is 24.9. The molecular weight excluding hydrogens is 328 g/mol. The number of anilines is 2. The summed E-state index contributed by atoms with van der Waals surface area (Å²) < 4.78 is 11.3. The van der Waals surface area contributed by atoms with Crippen LogP contribution in [0.15, 0.2) is 78.9 Å². The van der Waals surface area contributed by atoms with Crippen LogP contribution in [-0.2, 0) is 6.61 Å². The molecule has 0 amide bonds. The average Bonchev–Trinajstić information content (AvgIpc) is 2.69. The highest BCUT2D eigenvalue weighted by Crippen LogP contribution is 2.20. The van der Waals surface area contributed by atoms with Gasteiger partial charge >= 0.3 is 0 Å². The Kier molecular flexibility index (Phi) is 6.34. The molecule has 3 N–H and O–H groups in total. The smallest absolute Gasteiger partial charge is 0.159 e. The Morgan fingerprint density at radius 3 is 1.54 bits per heavy atom. The van der Waals surface area contributed by atoms with Crippen molar-refractivity contribution in [2.45, 2.75) is 6.61 Å². The molecule has 3 aromatic rings. The Morgan fingerprint density at radius 1 is 0.654 bits per heavy atom. The van der Waals surface area contributed by atoms with Crippen LogP contribution in [0, 0.1) is 0 Å². The van der Waals surface area contributed by atoms with E-state index in [0.717, 1.165) is 28.4 Å². The summed E-state index contributed by atoms with van der Waals surface area (Å²) in [6.45, 7) is 0.626. The van der Waals surface area contributed by atoms with Crippen LogP contribution in [0.4, 0.5) is 11.4 Å². The second-order valence-corrected chi connectivity index (χ2v) is 5.63. The highest BCUT2D eigenvalue weighted by Gasteiger charge is 2.02. The largest absolute Gasteiger partial charge is 0.473 e. The minimum absolute atomic E-state index is 0.0384. The van der Waals surface area contributed by atoms with E-state index in [4.69, 9.17) is 9.47 Å². The first kappa shape index (κ1) is 17.6. The molecule has 3 rings (SSSR count). The summed E-state index contributed by atoms with van der Waals surface area (Å²) in [7, 11) is 0. The van der Waals surface area contributed by atoms with Crippen LogP contribution in [0.2, 0.25) is 0 Å². The Balaban J connectivity index is 1.55. The molecule has 0 saturated carbocycles. The van der Waals surface area contributed by atoms with Crippen LogP contribution in [0.25, 0.3) is 0 Å². The molecule has 0 aliphatic heterocycles. The van der Waals surface area contributed by atoms with Gasteiger partial charge in [-0.3, -0.25) is 0 Å². The van der Waals surface area contributed by atoms with Crippen molar-refractivity contribution >= 4 is 11.4 Å². The molecule has 5 nitrogen and oxygen atoms in total. The second kappa shape index (κ2) is 9.34. The highest BCUT2D eigenvalue weighted by molar-refractivity contribution is 5.59. The van der Waals surface area contributed by atoms with Crippen molar-refractivity contribution in [1.82, 2.24) is 0 Å². The van der Waals surface area contributed by atoms with Crippen LogP contribution < -0.4 is 20.1 Å². The zero-order chi connectivity index (χ0) is 18.0. The molecule has 0 fully saturated rings. The maximum absolute atomic E-state index is 9.48. The van der Waals surface area contributed by atoms with E-state index in [1.54, 1.807) is 0 Å². The zero-order valence-corrected chi connectivity index (χ0v) is 14.4.